The van der Waals surface area contributed by atoms with E-state index in [-0.39, 0.29) is 16.3 Å². The van der Waals surface area contributed by atoms with Gasteiger partial charge in [0.2, 0.25) is 5.91 Å². The van der Waals surface area contributed by atoms with Crippen LogP contribution >= 0.6 is 27.5 Å². The zero-order valence-corrected chi connectivity index (χ0v) is 18.9. The molecule has 0 saturated heterocycles. The van der Waals surface area contributed by atoms with Gasteiger partial charge in [0.05, 0.1) is 16.3 Å². The molecule has 1 N–H and O–H groups in total. The lowest BCUT2D eigenvalue weighted by Crippen LogP contribution is -2.38. The summed E-state index contributed by atoms with van der Waals surface area (Å²) in [6.07, 6.45) is 0. The number of nitrogens with zero attached hydrogens (tertiary/aromatic N) is 1. The van der Waals surface area contributed by atoms with Gasteiger partial charge in [-0.05, 0) is 55.0 Å². The number of sulfonamides is 1. The minimum atomic E-state index is -4.08. The number of aryl methyl sites for hydroxylation is 1. The van der Waals surface area contributed by atoms with Crippen molar-refractivity contribution in [3.8, 4) is 0 Å². The van der Waals surface area contributed by atoms with Crippen LogP contribution in [0.4, 0.5) is 15.8 Å². The number of hydrogen-bond donors (Lipinski definition) is 1. The van der Waals surface area contributed by atoms with Gasteiger partial charge in [0, 0.05) is 9.50 Å². The van der Waals surface area contributed by atoms with Crippen molar-refractivity contribution in [1.29, 1.82) is 0 Å². The highest BCUT2D eigenvalue weighted by Gasteiger charge is 2.27. The Balaban J connectivity index is 1.97. The first-order valence-corrected chi connectivity index (χ1v) is 11.4. The number of anilines is 2. The highest BCUT2D eigenvalue weighted by molar-refractivity contribution is 9.10. The van der Waals surface area contributed by atoms with Crippen LogP contribution in [-0.2, 0) is 14.8 Å². The standard InChI is InChI=1S/C21H17BrClFN2O3S/c1-14-7-9-16(12-18(14)23)26(30(28,29)17-5-3-2-4-6-17)13-21(27)25-20-10-8-15(22)11-19(20)24/h2-12H,13H2,1H3,(H,25,27). The lowest BCUT2D eigenvalue weighted by Gasteiger charge is -2.24. The first-order chi connectivity index (χ1) is 14.2. The number of halogens is 3. The second kappa shape index (κ2) is 9.16. The van der Waals surface area contributed by atoms with Gasteiger partial charge in [-0.1, -0.05) is 51.8 Å². The Morgan fingerprint density at radius 1 is 1.10 bits per heavy atom. The van der Waals surface area contributed by atoms with Crippen molar-refractivity contribution in [1.82, 2.24) is 0 Å². The lowest BCUT2D eigenvalue weighted by molar-refractivity contribution is -0.114. The SMILES string of the molecule is Cc1ccc(N(CC(=O)Nc2ccc(Br)cc2F)S(=O)(=O)c2ccccc2)cc1Cl. The first-order valence-electron chi connectivity index (χ1n) is 8.77. The van der Waals surface area contributed by atoms with Crippen molar-refractivity contribution < 1.29 is 17.6 Å². The van der Waals surface area contributed by atoms with E-state index in [9.17, 15) is 17.6 Å². The van der Waals surface area contributed by atoms with E-state index in [1.807, 2.05) is 0 Å². The van der Waals surface area contributed by atoms with E-state index < -0.39 is 28.3 Å². The highest BCUT2D eigenvalue weighted by Crippen LogP contribution is 2.28. The summed E-state index contributed by atoms with van der Waals surface area (Å²) < 4.78 is 42.0. The molecule has 0 heterocycles. The van der Waals surface area contributed by atoms with Crippen LogP contribution in [0, 0.1) is 12.7 Å². The van der Waals surface area contributed by atoms with E-state index in [2.05, 4.69) is 21.2 Å². The molecule has 1 amide bonds. The van der Waals surface area contributed by atoms with Crippen LogP contribution < -0.4 is 9.62 Å². The Hall–Kier alpha value is -2.42. The molecule has 0 aromatic heterocycles. The maximum absolute atomic E-state index is 14.1. The Labute approximate surface area is 187 Å². The summed E-state index contributed by atoms with van der Waals surface area (Å²) >= 11 is 9.32. The van der Waals surface area contributed by atoms with E-state index in [4.69, 9.17) is 11.6 Å². The summed E-state index contributed by atoms with van der Waals surface area (Å²) in [6, 6.07) is 16.6. The number of hydrogen-bond acceptors (Lipinski definition) is 3. The quantitative estimate of drug-likeness (QED) is 0.483. The third-order valence-corrected chi connectivity index (χ3v) is 6.96. The largest absolute Gasteiger partial charge is 0.322 e. The molecule has 3 aromatic rings. The molecule has 0 saturated carbocycles. The van der Waals surface area contributed by atoms with E-state index in [1.165, 1.54) is 30.3 Å². The fourth-order valence-corrected chi connectivity index (χ4v) is 4.62. The van der Waals surface area contributed by atoms with Crippen LogP contribution in [0.1, 0.15) is 5.56 Å². The van der Waals surface area contributed by atoms with E-state index in [0.717, 1.165) is 9.87 Å². The van der Waals surface area contributed by atoms with Crippen LogP contribution in [0.25, 0.3) is 0 Å². The summed E-state index contributed by atoms with van der Waals surface area (Å²) in [5.74, 6) is -1.35. The number of benzene rings is 3. The van der Waals surface area contributed by atoms with Crippen molar-refractivity contribution in [2.24, 2.45) is 0 Å². The predicted octanol–water partition coefficient (Wildman–Crippen LogP) is 5.38. The maximum atomic E-state index is 14.1. The fraction of sp³-hybridized carbons (Fsp3) is 0.0952. The Bertz CT molecular complexity index is 1190. The normalized spacial score (nSPS) is 11.2. The first kappa shape index (κ1) is 22.3. The average Bonchev–Trinajstić information content (AvgIpc) is 2.71. The smallest absolute Gasteiger partial charge is 0.264 e. The molecular weight excluding hydrogens is 495 g/mol. The Morgan fingerprint density at radius 3 is 2.43 bits per heavy atom. The highest BCUT2D eigenvalue weighted by atomic mass is 79.9. The number of rotatable bonds is 6. The van der Waals surface area contributed by atoms with Gasteiger partial charge in [-0.3, -0.25) is 9.10 Å². The summed E-state index contributed by atoms with van der Waals surface area (Å²) in [5.41, 5.74) is 0.932. The molecule has 0 aliphatic heterocycles. The molecule has 156 valence electrons. The maximum Gasteiger partial charge on any atom is 0.264 e. The van der Waals surface area contributed by atoms with Gasteiger partial charge < -0.3 is 5.32 Å². The van der Waals surface area contributed by atoms with Crippen LogP contribution in [0.15, 0.2) is 76.1 Å². The molecule has 0 aliphatic carbocycles. The molecule has 0 aliphatic rings. The molecule has 0 unspecified atom stereocenters. The van der Waals surface area contributed by atoms with Gasteiger partial charge in [-0.25, -0.2) is 12.8 Å². The lowest BCUT2D eigenvalue weighted by atomic mass is 10.2. The topological polar surface area (TPSA) is 66.5 Å². The van der Waals surface area contributed by atoms with Gasteiger partial charge in [-0.2, -0.15) is 0 Å². The third-order valence-electron chi connectivity index (χ3n) is 4.27. The predicted molar refractivity (Wildman–Crippen MR) is 120 cm³/mol. The van der Waals surface area contributed by atoms with Crippen LogP contribution in [0.2, 0.25) is 5.02 Å². The van der Waals surface area contributed by atoms with E-state index in [0.29, 0.717) is 9.50 Å². The summed E-state index contributed by atoms with van der Waals surface area (Å²) in [6.45, 7) is 1.22. The molecule has 30 heavy (non-hydrogen) atoms. The second-order valence-electron chi connectivity index (χ2n) is 6.43. The van der Waals surface area contributed by atoms with E-state index in [1.54, 1.807) is 43.3 Å². The van der Waals surface area contributed by atoms with Gasteiger partial charge in [0.25, 0.3) is 10.0 Å². The molecule has 3 rings (SSSR count). The van der Waals surface area contributed by atoms with E-state index >= 15 is 0 Å². The van der Waals surface area contributed by atoms with Crippen molar-refractivity contribution >= 4 is 54.8 Å². The average molecular weight is 512 g/mol. The van der Waals surface area contributed by atoms with Gasteiger partial charge >= 0.3 is 0 Å². The molecule has 0 spiro atoms. The summed E-state index contributed by atoms with van der Waals surface area (Å²) in [4.78, 5) is 12.7. The molecule has 0 radical (unpaired) electrons. The van der Waals surface area contributed by atoms with Crippen LogP contribution in [0.5, 0.6) is 0 Å². The van der Waals surface area contributed by atoms with Gasteiger partial charge in [0.1, 0.15) is 12.4 Å². The van der Waals surface area contributed by atoms with Crippen molar-refractivity contribution in [3.63, 3.8) is 0 Å². The fourth-order valence-electron chi connectivity index (χ4n) is 2.68. The van der Waals surface area contributed by atoms with Crippen molar-refractivity contribution in [2.45, 2.75) is 11.8 Å². The summed E-state index contributed by atoms with van der Waals surface area (Å²) in [5, 5.41) is 2.77. The molecular formula is C21H17BrClFN2O3S. The Morgan fingerprint density at radius 2 is 1.80 bits per heavy atom. The molecule has 0 fully saturated rings. The molecule has 9 heteroatoms. The zero-order valence-electron chi connectivity index (χ0n) is 15.8. The van der Waals surface area contributed by atoms with Gasteiger partial charge in [0.15, 0.2) is 0 Å². The second-order valence-corrected chi connectivity index (χ2v) is 9.62. The molecule has 3 aromatic carbocycles. The van der Waals surface area contributed by atoms with Crippen LogP contribution in [0.3, 0.4) is 0 Å². The molecule has 0 bridgehead atoms. The third kappa shape index (κ3) is 5.00. The van der Waals surface area contributed by atoms with Crippen molar-refractivity contribution in [2.75, 3.05) is 16.2 Å². The van der Waals surface area contributed by atoms with Gasteiger partial charge in [-0.15, -0.1) is 0 Å². The zero-order chi connectivity index (χ0) is 21.9. The summed E-state index contributed by atoms with van der Waals surface area (Å²) in [7, 11) is -4.08. The number of amides is 1. The number of nitrogens with one attached hydrogen (secondary N) is 1. The minimum absolute atomic E-state index is 0.0179. The van der Waals surface area contributed by atoms with Crippen molar-refractivity contribution in [3.05, 3.63) is 87.6 Å². The molecule has 0 atom stereocenters. The monoisotopic (exact) mass is 510 g/mol. The molecule has 5 nitrogen and oxygen atoms in total. The number of carbonyl (C=O) groups excluding carboxylic acids is 1. The van der Waals surface area contributed by atoms with Crippen LogP contribution in [-0.4, -0.2) is 20.9 Å². The minimum Gasteiger partial charge on any atom is -0.322 e. The number of carbonyl (C=O) groups is 1. The Kier molecular flexibility index (Phi) is 6.80.